The predicted octanol–water partition coefficient (Wildman–Crippen LogP) is -0.0914. The average Bonchev–Trinajstić information content (AvgIpc) is 2.33. The van der Waals surface area contributed by atoms with Crippen LogP contribution in [-0.4, -0.2) is 15.7 Å². The van der Waals surface area contributed by atoms with Gasteiger partial charge >= 0.3 is 5.69 Å². The minimum atomic E-state index is -0.492. The zero-order valence-corrected chi connectivity index (χ0v) is 10.7. The Morgan fingerprint density at radius 3 is 2.61 bits per heavy atom. The maximum atomic E-state index is 12.0. The van der Waals surface area contributed by atoms with Crippen molar-refractivity contribution in [2.75, 3.05) is 6.54 Å². The van der Waals surface area contributed by atoms with Crippen LogP contribution in [0.3, 0.4) is 0 Å². The highest BCUT2D eigenvalue weighted by Gasteiger charge is 2.17. The normalized spacial score (nSPS) is 11.2. The van der Waals surface area contributed by atoms with E-state index in [0.717, 1.165) is 4.57 Å². The van der Waals surface area contributed by atoms with Gasteiger partial charge < -0.3 is 10.3 Å². The van der Waals surface area contributed by atoms with Gasteiger partial charge in [-0.25, -0.2) is 4.79 Å². The Morgan fingerprint density at radius 2 is 2.06 bits per heavy atom. The lowest BCUT2D eigenvalue weighted by Crippen LogP contribution is -2.40. The second-order valence-electron chi connectivity index (χ2n) is 4.82. The summed E-state index contributed by atoms with van der Waals surface area (Å²) < 4.78 is 2.55. The molecule has 0 unspecified atom stereocenters. The van der Waals surface area contributed by atoms with Crippen LogP contribution in [0.2, 0.25) is 0 Å². The van der Waals surface area contributed by atoms with E-state index < -0.39 is 5.41 Å². The average molecular weight is 250 g/mol. The van der Waals surface area contributed by atoms with E-state index in [-0.39, 0.29) is 24.3 Å². The van der Waals surface area contributed by atoms with E-state index in [2.05, 4.69) is 6.07 Å². The first-order valence-corrected chi connectivity index (χ1v) is 5.83. The van der Waals surface area contributed by atoms with Gasteiger partial charge in [-0.3, -0.25) is 9.36 Å². The SMILES string of the molecule is CC(C)(C#N)CCn1ccc(=O)n(CCN)c1=O. The number of rotatable bonds is 5. The number of aryl methyl sites for hydroxylation is 1. The molecule has 0 aliphatic heterocycles. The maximum absolute atomic E-state index is 12.0. The zero-order valence-electron chi connectivity index (χ0n) is 10.7. The molecule has 0 bridgehead atoms. The second kappa shape index (κ2) is 5.65. The number of nitriles is 1. The molecule has 0 aliphatic rings. The molecule has 0 aromatic carbocycles. The molecule has 0 fully saturated rings. The van der Waals surface area contributed by atoms with Crippen molar-refractivity contribution in [1.82, 2.24) is 9.13 Å². The highest BCUT2D eigenvalue weighted by molar-refractivity contribution is 4.93. The van der Waals surface area contributed by atoms with Crippen molar-refractivity contribution < 1.29 is 0 Å². The summed E-state index contributed by atoms with van der Waals surface area (Å²) in [5, 5.41) is 8.92. The summed E-state index contributed by atoms with van der Waals surface area (Å²) in [4.78, 5) is 23.5. The minimum absolute atomic E-state index is 0.208. The van der Waals surface area contributed by atoms with E-state index in [9.17, 15) is 9.59 Å². The number of nitrogens with zero attached hydrogens (tertiary/aromatic N) is 3. The van der Waals surface area contributed by atoms with Gasteiger partial charge in [-0.2, -0.15) is 5.26 Å². The Bertz CT molecular complexity index is 563. The number of nitrogens with two attached hydrogens (primary N) is 1. The van der Waals surface area contributed by atoms with E-state index in [0.29, 0.717) is 13.0 Å². The molecule has 1 heterocycles. The summed E-state index contributed by atoms with van der Waals surface area (Å²) in [6.45, 7) is 4.48. The summed E-state index contributed by atoms with van der Waals surface area (Å²) in [5.41, 5.74) is 4.15. The van der Waals surface area contributed by atoms with Crippen molar-refractivity contribution in [3.8, 4) is 6.07 Å². The summed E-state index contributed by atoms with van der Waals surface area (Å²) in [7, 11) is 0. The largest absolute Gasteiger partial charge is 0.331 e. The lowest BCUT2D eigenvalue weighted by atomic mass is 9.91. The van der Waals surface area contributed by atoms with Crippen LogP contribution in [0.25, 0.3) is 0 Å². The Morgan fingerprint density at radius 1 is 1.39 bits per heavy atom. The quantitative estimate of drug-likeness (QED) is 0.790. The van der Waals surface area contributed by atoms with Gasteiger partial charge in [-0.15, -0.1) is 0 Å². The van der Waals surface area contributed by atoms with Crippen LogP contribution in [0.15, 0.2) is 21.9 Å². The van der Waals surface area contributed by atoms with Gasteiger partial charge in [0.15, 0.2) is 0 Å². The molecule has 0 saturated carbocycles. The molecule has 0 atom stereocenters. The van der Waals surface area contributed by atoms with E-state index >= 15 is 0 Å². The fraction of sp³-hybridized carbons (Fsp3) is 0.583. The lowest BCUT2D eigenvalue weighted by Gasteiger charge is -2.16. The molecule has 18 heavy (non-hydrogen) atoms. The van der Waals surface area contributed by atoms with Crippen molar-refractivity contribution in [3.63, 3.8) is 0 Å². The fourth-order valence-corrected chi connectivity index (χ4v) is 1.52. The van der Waals surface area contributed by atoms with Gasteiger partial charge in [0.05, 0.1) is 11.5 Å². The number of aromatic nitrogens is 2. The summed E-state index contributed by atoms with van der Waals surface area (Å²) >= 11 is 0. The summed E-state index contributed by atoms with van der Waals surface area (Å²) in [6.07, 6.45) is 2.01. The van der Waals surface area contributed by atoms with Crippen LogP contribution >= 0.6 is 0 Å². The van der Waals surface area contributed by atoms with E-state index in [1.807, 2.05) is 13.8 Å². The highest BCUT2D eigenvalue weighted by Crippen LogP contribution is 2.18. The van der Waals surface area contributed by atoms with E-state index in [1.54, 1.807) is 0 Å². The number of hydrogen-bond acceptors (Lipinski definition) is 4. The van der Waals surface area contributed by atoms with Gasteiger partial charge in [-0.05, 0) is 20.3 Å². The molecule has 2 N–H and O–H groups in total. The van der Waals surface area contributed by atoms with Crippen LogP contribution in [0.5, 0.6) is 0 Å². The molecule has 0 saturated heterocycles. The molecule has 1 aromatic rings. The van der Waals surface area contributed by atoms with Crippen molar-refractivity contribution in [3.05, 3.63) is 33.1 Å². The van der Waals surface area contributed by atoms with Gasteiger partial charge in [0.25, 0.3) is 5.56 Å². The molecule has 0 amide bonds. The molecule has 1 rings (SSSR count). The predicted molar refractivity (Wildman–Crippen MR) is 68.0 cm³/mol. The Labute approximate surface area is 105 Å². The third kappa shape index (κ3) is 3.31. The molecule has 6 nitrogen and oxygen atoms in total. The molecular weight excluding hydrogens is 232 g/mol. The highest BCUT2D eigenvalue weighted by atomic mass is 16.2. The third-order valence-electron chi connectivity index (χ3n) is 2.77. The van der Waals surface area contributed by atoms with Crippen LogP contribution < -0.4 is 17.0 Å². The van der Waals surface area contributed by atoms with Crippen molar-refractivity contribution >= 4 is 0 Å². The van der Waals surface area contributed by atoms with Gasteiger partial charge in [0.2, 0.25) is 0 Å². The molecule has 98 valence electrons. The first-order valence-electron chi connectivity index (χ1n) is 5.83. The van der Waals surface area contributed by atoms with E-state index in [4.69, 9.17) is 11.0 Å². The fourth-order valence-electron chi connectivity index (χ4n) is 1.52. The maximum Gasteiger partial charge on any atom is 0.331 e. The smallest absolute Gasteiger partial charge is 0.329 e. The molecular formula is C12H18N4O2. The molecule has 1 aromatic heterocycles. The van der Waals surface area contributed by atoms with Gasteiger partial charge in [0.1, 0.15) is 0 Å². The third-order valence-corrected chi connectivity index (χ3v) is 2.77. The summed E-state index contributed by atoms with van der Waals surface area (Å²) in [6, 6.07) is 3.52. The van der Waals surface area contributed by atoms with Crippen LogP contribution in [0.4, 0.5) is 0 Å². The topological polar surface area (TPSA) is 93.8 Å². The van der Waals surface area contributed by atoms with Gasteiger partial charge in [-0.1, -0.05) is 0 Å². The van der Waals surface area contributed by atoms with E-state index in [1.165, 1.54) is 16.8 Å². The zero-order chi connectivity index (χ0) is 13.8. The standard InChI is InChI=1S/C12H18N4O2/c1-12(2,9-14)4-7-15-6-3-10(17)16(8-5-13)11(15)18/h3,6H,4-5,7-8,13H2,1-2H3. The molecule has 0 radical (unpaired) electrons. The van der Waals surface area contributed by atoms with Crippen LogP contribution in [0, 0.1) is 16.7 Å². The van der Waals surface area contributed by atoms with Crippen LogP contribution in [-0.2, 0) is 13.1 Å². The first kappa shape index (κ1) is 14.2. The lowest BCUT2D eigenvalue weighted by molar-refractivity contribution is 0.400. The van der Waals surface area contributed by atoms with Crippen molar-refractivity contribution in [2.45, 2.75) is 33.4 Å². The Kier molecular flexibility index (Phi) is 4.45. The molecule has 0 aliphatic carbocycles. The van der Waals surface area contributed by atoms with Crippen molar-refractivity contribution in [2.24, 2.45) is 11.1 Å². The number of hydrogen-bond donors (Lipinski definition) is 1. The van der Waals surface area contributed by atoms with Crippen molar-refractivity contribution in [1.29, 1.82) is 5.26 Å². The second-order valence-corrected chi connectivity index (χ2v) is 4.82. The minimum Gasteiger partial charge on any atom is -0.329 e. The first-order chi connectivity index (χ1) is 8.41. The molecule has 6 heteroatoms. The Balaban J connectivity index is 2.99. The monoisotopic (exact) mass is 250 g/mol. The van der Waals surface area contributed by atoms with Gasteiger partial charge in [0, 0.05) is 31.9 Å². The summed E-state index contributed by atoms with van der Waals surface area (Å²) in [5.74, 6) is 0. The van der Waals surface area contributed by atoms with Crippen LogP contribution in [0.1, 0.15) is 20.3 Å². The molecule has 0 spiro atoms. The Hall–Kier alpha value is -1.87.